The zero-order chi connectivity index (χ0) is 26.6. The Morgan fingerprint density at radius 2 is 1.43 bits per heavy atom. The first-order chi connectivity index (χ1) is 17.8. The number of anilines is 1. The predicted molar refractivity (Wildman–Crippen MR) is 141 cm³/mol. The van der Waals surface area contributed by atoms with Crippen LogP contribution in [0.25, 0.3) is 0 Å². The Labute approximate surface area is 226 Å². The van der Waals surface area contributed by atoms with Gasteiger partial charge in [0, 0.05) is 23.0 Å². The number of hydrogen-bond donors (Lipinski definition) is 3. The molecular formula is C26H23BrClN3O6. The van der Waals surface area contributed by atoms with Crippen LogP contribution in [-0.4, -0.2) is 30.3 Å². The second-order valence-corrected chi connectivity index (χ2v) is 8.95. The van der Waals surface area contributed by atoms with Crippen molar-refractivity contribution in [2.75, 3.05) is 11.9 Å². The third-order valence-electron chi connectivity index (χ3n) is 4.77. The maximum Gasteiger partial charge on any atom is 0.306 e. The van der Waals surface area contributed by atoms with Crippen LogP contribution in [0.4, 0.5) is 5.69 Å². The van der Waals surface area contributed by atoms with Crippen molar-refractivity contribution in [3.8, 4) is 11.5 Å². The Morgan fingerprint density at radius 1 is 0.784 bits per heavy atom. The number of hydrazine groups is 1. The highest BCUT2D eigenvalue weighted by molar-refractivity contribution is 9.10. The molecule has 0 radical (unpaired) electrons. The van der Waals surface area contributed by atoms with Gasteiger partial charge in [-0.3, -0.25) is 30.0 Å². The number of ether oxygens (including phenoxy) is 2. The van der Waals surface area contributed by atoms with Crippen LogP contribution in [0.1, 0.15) is 29.6 Å². The quantitative estimate of drug-likeness (QED) is 0.226. The fraction of sp³-hybridized carbons (Fsp3) is 0.154. The lowest BCUT2D eigenvalue weighted by molar-refractivity contribution is -0.148. The van der Waals surface area contributed by atoms with E-state index in [1.54, 1.807) is 36.4 Å². The highest BCUT2D eigenvalue weighted by atomic mass is 79.9. The van der Waals surface area contributed by atoms with Crippen LogP contribution in [0.3, 0.4) is 0 Å². The predicted octanol–water partition coefficient (Wildman–Crippen LogP) is 5.01. The largest absolute Gasteiger partial charge is 0.457 e. The maximum absolute atomic E-state index is 12.1. The normalized spacial score (nSPS) is 10.2. The number of esters is 1. The summed E-state index contributed by atoms with van der Waals surface area (Å²) >= 11 is 9.28. The number of rotatable bonds is 10. The molecule has 0 saturated heterocycles. The molecule has 0 aliphatic heterocycles. The van der Waals surface area contributed by atoms with E-state index in [4.69, 9.17) is 21.1 Å². The van der Waals surface area contributed by atoms with Crippen molar-refractivity contribution < 1.29 is 28.7 Å². The lowest BCUT2D eigenvalue weighted by atomic mass is 10.2. The summed E-state index contributed by atoms with van der Waals surface area (Å²) in [7, 11) is 0. The van der Waals surface area contributed by atoms with Gasteiger partial charge in [0.05, 0.1) is 10.6 Å². The maximum atomic E-state index is 12.1. The van der Waals surface area contributed by atoms with Crippen LogP contribution in [0, 0.1) is 0 Å². The van der Waals surface area contributed by atoms with Crippen molar-refractivity contribution in [2.24, 2.45) is 0 Å². The fourth-order valence-corrected chi connectivity index (χ4v) is 3.44. The molecule has 3 amide bonds. The second kappa shape index (κ2) is 14.0. The van der Waals surface area contributed by atoms with Crippen LogP contribution >= 0.6 is 27.5 Å². The third kappa shape index (κ3) is 9.59. The molecule has 37 heavy (non-hydrogen) atoms. The van der Waals surface area contributed by atoms with Gasteiger partial charge in [-0.15, -0.1) is 0 Å². The Bertz CT molecular complexity index is 1250. The number of carbonyl (C=O) groups excluding carboxylic acids is 4. The molecule has 0 aliphatic rings. The lowest BCUT2D eigenvalue weighted by Crippen LogP contribution is -2.43. The van der Waals surface area contributed by atoms with Crippen molar-refractivity contribution >= 4 is 56.9 Å². The summed E-state index contributed by atoms with van der Waals surface area (Å²) in [4.78, 5) is 47.8. The van der Waals surface area contributed by atoms with E-state index in [1.165, 1.54) is 12.1 Å². The van der Waals surface area contributed by atoms with E-state index in [1.807, 2.05) is 24.3 Å². The van der Waals surface area contributed by atoms with Crippen molar-refractivity contribution in [1.29, 1.82) is 0 Å². The van der Waals surface area contributed by atoms with Crippen LogP contribution in [0.2, 0.25) is 5.02 Å². The molecule has 192 valence electrons. The van der Waals surface area contributed by atoms with Crippen molar-refractivity contribution in [3.05, 3.63) is 87.9 Å². The fourth-order valence-electron chi connectivity index (χ4n) is 2.96. The van der Waals surface area contributed by atoms with E-state index in [0.29, 0.717) is 17.2 Å². The van der Waals surface area contributed by atoms with Crippen LogP contribution in [-0.2, 0) is 19.1 Å². The van der Waals surface area contributed by atoms with E-state index >= 15 is 0 Å². The molecule has 0 bridgehead atoms. The van der Waals surface area contributed by atoms with Gasteiger partial charge in [0.2, 0.25) is 5.91 Å². The lowest BCUT2D eigenvalue weighted by Gasteiger charge is -2.09. The third-order valence-corrected chi connectivity index (χ3v) is 5.63. The van der Waals surface area contributed by atoms with E-state index < -0.39 is 24.4 Å². The van der Waals surface area contributed by atoms with Gasteiger partial charge >= 0.3 is 5.97 Å². The summed E-state index contributed by atoms with van der Waals surface area (Å²) in [6, 6.07) is 20.6. The molecule has 0 spiro atoms. The number of carbonyl (C=O) groups is 4. The van der Waals surface area contributed by atoms with E-state index in [2.05, 4.69) is 32.1 Å². The van der Waals surface area contributed by atoms with Gasteiger partial charge in [0.15, 0.2) is 6.61 Å². The Balaban J connectivity index is 1.29. The summed E-state index contributed by atoms with van der Waals surface area (Å²) < 4.78 is 11.5. The van der Waals surface area contributed by atoms with Gasteiger partial charge in [-0.1, -0.05) is 39.7 Å². The Morgan fingerprint density at radius 3 is 2.11 bits per heavy atom. The minimum Gasteiger partial charge on any atom is -0.457 e. The Hall–Kier alpha value is -3.89. The zero-order valence-corrected chi connectivity index (χ0v) is 21.8. The molecule has 0 saturated carbocycles. The highest BCUT2D eigenvalue weighted by Gasteiger charge is 2.12. The van der Waals surface area contributed by atoms with Gasteiger partial charge in [0.25, 0.3) is 11.8 Å². The summed E-state index contributed by atoms with van der Waals surface area (Å²) in [6.45, 7) is -0.581. The molecular weight excluding hydrogens is 566 g/mol. The molecule has 11 heteroatoms. The summed E-state index contributed by atoms with van der Waals surface area (Å²) in [5.74, 6) is -0.937. The number of hydrogen-bond acceptors (Lipinski definition) is 6. The first-order valence-electron chi connectivity index (χ1n) is 11.1. The minimum absolute atomic E-state index is 0.0490. The van der Waals surface area contributed by atoms with Crippen molar-refractivity contribution in [2.45, 2.75) is 19.3 Å². The van der Waals surface area contributed by atoms with Crippen LogP contribution in [0.5, 0.6) is 11.5 Å². The van der Waals surface area contributed by atoms with Crippen molar-refractivity contribution in [3.63, 3.8) is 0 Å². The minimum atomic E-state index is -0.723. The molecule has 3 N–H and O–H groups in total. The zero-order valence-electron chi connectivity index (χ0n) is 19.5. The molecule has 3 aromatic carbocycles. The summed E-state index contributed by atoms with van der Waals surface area (Å²) in [6.07, 6.45) is 0.277. The van der Waals surface area contributed by atoms with Gasteiger partial charge in [-0.2, -0.15) is 0 Å². The SMILES string of the molecule is O=C(COC(=O)CCCC(=O)Nc1ccc(Oc2ccc(Br)cc2)cc1)NNC(=O)c1ccccc1Cl. The first kappa shape index (κ1) is 27.7. The molecule has 0 unspecified atom stereocenters. The average molecular weight is 589 g/mol. The molecule has 0 fully saturated rings. The van der Waals surface area contributed by atoms with Gasteiger partial charge in [0.1, 0.15) is 11.5 Å². The molecule has 0 atom stereocenters. The number of halogens is 2. The monoisotopic (exact) mass is 587 g/mol. The second-order valence-electron chi connectivity index (χ2n) is 7.62. The van der Waals surface area contributed by atoms with E-state index in [-0.39, 0.29) is 35.8 Å². The Kier molecular flexibility index (Phi) is 10.5. The van der Waals surface area contributed by atoms with Crippen molar-refractivity contribution in [1.82, 2.24) is 10.9 Å². The molecule has 9 nitrogen and oxygen atoms in total. The molecule has 0 heterocycles. The standard InChI is InChI=1S/C26H23BrClN3O6/c27-17-8-12-19(13-9-17)37-20-14-10-18(11-15-20)29-23(32)6-3-7-25(34)36-16-24(33)30-31-26(35)21-4-1-2-5-22(21)28/h1-2,4-5,8-15H,3,6-7,16H2,(H,29,32)(H,30,33)(H,31,35). The van der Waals surface area contributed by atoms with Gasteiger partial charge in [-0.25, -0.2) is 0 Å². The average Bonchev–Trinajstić information content (AvgIpc) is 2.89. The molecule has 0 aliphatic carbocycles. The van der Waals surface area contributed by atoms with Crippen LogP contribution < -0.4 is 20.9 Å². The topological polar surface area (TPSA) is 123 Å². The molecule has 3 aromatic rings. The first-order valence-corrected chi connectivity index (χ1v) is 12.3. The number of benzene rings is 3. The van der Waals surface area contributed by atoms with Gasteiger partial charge in [-0.05, 0) is 67.1 Å². The number of nitrogens with one attached hydrogen (secondary N) is 3. The van der Waals surface area contributed by atoms with Gasteiger partial charge < -0.3 is 14.8 Å². The van der Waals surface area contributed by atoms with E-state index in [9.17, 15) is 19.2 Å². The number of amides is 3. The van der Waals surface area contributed by atoms with E-state index in [0.717, 1.165) is 4.47 Å². The van der Waals surface area contributed by atoms with Crippen LogP contribution in [0.15, 0.2) is 77.3 Å². The highest BCUT2D eigenvalue weighted by Crippen LogP contribution is 2.24. The summed E-state index contributed by atoms with van der Waals surface area (Å²) in [5.41, 5.74) is 5.09. The summed E-state index contributed by atoms with van der Waals surface area (Å²) in [5, 5.41) is 2.97. The molecule has 0 aromatic heterocycles. The smallest absolute Gasteiger partial charge is 0.306 e. The molecule has 3 rings (SSSR count).